The molecule has 2 rings (SSSR count). The molecule has 0 aliphatic rings. The zero-order chi connectivity index (χ0) is 11.0. The van der Waals surface area contributed by atoms with Crippen LogP contribution < -0.4 is 11.5 Å². The van der Waals surface area contributed by atoms with Gasteiger partial charge in [0.05, 0.1) is 10.0 Å². The third kappa shape index (κ3) is 2.02. The molecule has 1 heterocycles. The third-order valence-electron chi connectivity index (χ3n) is 1.86. The van der Waals surface area contributed by atoms with Crippen LogP contribution in [0.2, 0.25) is 10.0 Å². The molecule has 3 nitrogen and oxygen atoms in total. The largest absolute Gasteiger partial charge is 0.389 e. The Labute approximate surface area is 101 Å². The average molecular weight is 260 g/mol. The van der Waals surface area contributed by atoms with Crippen molar-refractivity contribution in [2.75, 3.05) is 11.5 Å². The highest BCUT2D eigenvalue weighted by molar-refractivity contribution is 7.19. The molecule has 4 N–H and O–H groups in total. The van der Waals surface area contributed by atoms with Crippen LogP contribution in [0.25, 0.3) is 11.3 Å². The molecule has 78 valence electrons. The van der Waals surface area contributed by atoms with E-state index in [1.165, 1.54) is 11.3 Å². The van der Waals surface area contributed by atoms with Crippen molar-refractivity contribution in [3.63, 3.8) is 0 Å². The van der Waals surface area contributed by atoms with E-state index in [0.717, 1.165) is 5.56 Å². The number of nitrogens with zero attached hydrogens (tertiary/aromatic N) is 1. The Kier molecular flexibility index (Phi) is 2.73. The summed E-state index contributed by atoms with van der Waals surface area (Å²) in [6, 6.07) is 5.22. The Hall–Kier alpha value is -0.970. The number of nitrogen functional groups attached to an aromatic ring is 2. The van der Waals surface area contributed by atoms with Crippen LogP contribution in [0.5, 0.6) is 0 Å². The molecule has 0 unspecified atom stereocenters. The lowest BCUT2D eigenvalue weighted by Gasteiger charge is -2.00. The van der Waals surface area contributed by atoms with E-state index in [1.54, 1.807) is 18.2 Å². The minimum atomic E-state index is 0.438. The molecule has 0 radical (unpaired) electrons. The van der Waals surface area contributed by atoms with Gasteiger partial charge in [-0.3, -0.25) is 0 Å². The van der Waals surface area contributed by atoms with Crippen LogP contribution in [0.1, 0.15) is 0 Å². The molecule has 6 heteroatoms. The van der Waals surface area contributed by atoms with E-state index in [1.807, 2.05) is 0 Å². The van der Waals surface area contributed by atoms with E-state index in [0.29, 0.717) is 25.9 Å². The summed E-state index contributed by atoms with van der Waals surface area (Å²) in [7, 11) is 0. The molecular formula is C9H7Cl2N3S. The van der Waals surface area contributed by atoms with Gasteiger partial charge in [0.25, 0.3) is 0 Å². The van der Waals surface area contributed by atoms with Gasteiger partial charge in [0.1, 0.15) is 10.7 Å². The van der Waals surface area contributed by atoms with Gasteiger partial charge in [-0.05, 0) is 12.1 Å². The highest BCUT2D eigenvalue weighted by Gasteiger charge is 2.10. The van der Waals surface area contributed by atoms with Crippen LogP contribution in [-0.4, -0.2) is 4.98 Å². The van der Waals surface area contributed by atoms with Crippen LogP contribution >= 0.6 is 34.5 Å². The molecule has 0 saturated heterocycles. The number of thiazole rings is 1. The zero-order valence-corrected chi connectivity index (χ0v) is 9.83. The minimum Gasteiger partial charge on any atom is -0.389 e. The highest BCUT2D eigenvalue weighted by Crippen LogP contribution is 2.34. The minimum absolute atomic E-state index is 0.438. The number of anilines is 2. The SMILES string of the molecule is Nc1nc(-c2ccc(Cl)c(Cl)c2)c(N)s1. The van der Waals surface area contributed by atoms with Crippen molar-refractivity contribution in [1.82, 2.24) is 4.98 Å². The van der Waals surface area contributed by atoms with Gasteiger partial charge < -0.3 is 11.5 Å². The molecule has 0 fully saturated rings. The van der Waals surface area contributed by atoms with E-state index in [-0.39, 0.29) is 0 Å². The average Bonchev–Trinajstić information content (AvgIpc) is 2.50. The topological polar surface area (TPSA) is 64.9 Å². The van der Waals surface area contributed by atoms with E-state index >= 15 is 0 Å². The Morgan fingerprint density at radius 1 is 1.13 bits per heavy atom. The van der Waals surface area contributed by atoms with Gasteiger partial charge in [0.2, 0.25) is 0 Å². The van der Waals surface area contributed by atoms with Crippen molar-refractivity contribution < 1.29 is 0 Å². The summed E-state index contributed by atoms with van der Waals surface area (Å²) in [5.41, 5.74) is 12.8. The second-order valence-corrected chi connectivity index (χ2v) is 4.77. The Balaban J connectivity index is 2.54. The van der Waals surface area contributed by atoms with Crippen molar-refractivity contribution >= 4 is 44.7 Å². The number of halogens is 2. The summed E-state index contributed by atoms with van der Waals surface area (Å²) in [5.74, 6) is 0. The summed E-state index contributed by atoms with van der Waals surface area (Å²) >= 11 is 12.9. The lowest BCUT2D eigenvalue weighted by Crippen LogP contribution is -1.86. The van der Waals surface area contributed by atoms with Crippen molar-refractivity contribution in [1.29, 1.82) is 0 Å². The molecule has 1 aromatic carbocycles. The molecule has 0 spiro atoms. The normalized spacial score (nSPS) is 10.5. The molecule has 0 bridgehead atoms. The first-order chi connectivity index (χ1) is 7.08. The monoisotopic (exact) mass is 259 g/mol. The Bertz CT molecular complexity index is 510. The first kappa shape index (κ1) is 10.5. The smallest absolute Gasteiger partial charge is 0.182 e. The van der Waals surface area contributed by atoms with Crippen LogP contribution in [0, 0.1) is 0 Å². The predicted octanol–water partition coefficient (Wildman–Crippen LogP) is 3.28. The van der Waals surface area contributed by atoms with Gasteiger partial charge in [-0.15, -0.1) is 0 Å². The summed E-state index contributed by atoms with van der Waals surface area (Å²) in [6.07, 6.45) is 0. The molecule has 0 aliphatic heterocycles. The van der Waals surface area contributed by atoms with Gasteiger partial charge >= 0.3 is 0 Å². The molecule has 0 aliphatic carbocycles. The van der Waals surface area contributed by atoms with Gasteiger partial charge in [-0.2, -0.15) is 0 Å². The van der Waals surface area contributed by atoms with Crippen LogP contribution in [0.4, 0.5) is 10.1 Å². The van der Waals surface area contributed by atoms with Crippen LogP contribution in [0.3, 0.4) is 0 Å². The first-order valence-electron chi connectivity index (χ1n) is 4.05. The number of rotatable bonds is 1. The molecule has 0 saturated carbocycles. The fourth-order valence-electron chi connectivity index (χ4n) is 1.20. The maximum Gasteiger partial charge on any atom is 0.182 e. The lowest BCUT2D eigenvalue weighted by molar-refractivity contribution is 1.41. The maximum atomic E-state index is 5.89. The summed E-state index contributed by atoms with van der Waals surface area (Å²) in [6.45, 7) is 0. The zero-order valence-electron chi connectivity index (χ0n) is 7.50. The highest BCUT2D eigenvalue weighted by atomic mass is 35.5. The predicted molar refractivity (Wildman–Crippen MR) is 66.4 cm³/mol. The van der Waals surface area contributed by atoms with Crippen molar-refractivity contribution in [3.05, 3.63) is 28.2 Å². The number of hydrogen-bond acceptors (Lipinski definition) is 4. The molecule has 0 atom stereocenters. The van der Waals surface area contributed by atoms with Crippen molar-refractivity contribution in [2.45, 2.75) is 0 Å². The van der Waals surface area contributed by atoms with Crippen molar-refractivity contribution in [3.8, 4) is 11.3 Å². The Morgan fingerprint density at radius 2 is 1.87 bits per heavy atom. The molecular weight excluding hydrogens is 253 g/mol. The Morgan fingerprint density at radius 3 is 2.40 bits per heavy atom. The summed E-state index contributed by atoms with van der Waals surface area (Å²) < 4.78 is 0. The number of hydrogen-bond donors (Lipinski definition) is 2. The second kappa shape index (κ2) is 3.89. The fraction of sp³-hybridized carbons (Fsp3) is 0. The molecule has 15 heavy (non-hydrogen) atoms. The van der Waals surface area contributed by atoms with Gasteiger partial charge in [0.15, 0.2) is 5.13 Å². The van der Waals surface area contributed by atoms with E-state index in [2.05, 4.69) is 4.98 Å². The molecule has 2 aromatic rings. The number of aromatic nitrogens is 1. The first-order valence-corrected chi connectivity index (χ1v) is 5.62. The fourth-order valence-corrected chi connectivity index (χ4v) is 2.12. The van der Waals surface area contributed by atoms with E-state index < -0.39 is 0 Å². The number of nitrogens with two attached hydrogens (primary N) is 2. The van der Waals surface area contributed by atoms with Gasteiger partial charge in [0, 0.05) is 5.56 Å². The molecule has 1 aromatic heterocycles. The third-order valence-corrected chi connectivity index (χ3v) is 3.32. The van der Waals surface area contributed by atoms with E-state index in [9.17, 15) is 0 Å². The van der Waals surface area contributed by atoms with Gasteiger partial charge in [-0.1, -0.05) is 40.6 Å². The van der Waals surface area contributed by atoms with Crippen LogP contribution in [-0.2, 0) is 0 Å². The standard InChI is InChI=1S/C9H7Cl2N3S/c10-5-2-1-4(3-6(5)11)7-8(12)15-9(13)14-7/h1-3H,12H2,(H2,13,14). The second-order valence-electron chi connectivity index (χ2n) is 2.89. The van der Waals surface area contributed by atoms with Crippen LogP contribution in [0.15, 0.2) is 18.2 Å². The van der Waals surface area contributed by atoms with Crippen molar-refractivity contribution in [2.24, 2.45) is 0 Å². The number of benzene rings is 1. The lowest BCUT2D eigenvalue weighted by atomic mass is 10.2. The molecule has 0 amide bonds. The maximum absolute atomic E-state index is 5.89. The summed E-state index contributed by atoms with van der Waals surface area (Å²) in [4.78, 5) is 4.12. The summed E-state index contributed by atoms with van der Waals surface area (Å²) in [5, 5.41) is 1.99. The quantitative estimate of drug-likeness (QED) is 0.826. The van der Waals surface area contributed by atoms with Gasteiger partial charge in [-0.25, -0.2) is 4.98 Å². The van der Waals surface area contributed by atoms with E-state index in [4.69, 9.17) is 34.7 Å².